The highest BCUT2D eigenvalue weighted by atomic mass is 16.5. The molecule has 3 aromatic rings. The third-order valence-electron chi connectivity index (χ3n) is 5.52. The molecule has 3 heterocycles. The molecule has 1 fully saturated rings. The zero-order valence-electron chi connectivity index (χ0n) is 17.6. The molecule has 7 heteroatoms. The summed E-state index contributed by atoms with van der Waals surface area (Å²) in [5.74, 6) is 0.963. The summed E-state index contributed by atoms with van der Waals surface area (Å²) >= 11 is 0. The number of hydrogen-bond donors (Lipinski definition) is 2. The Morgan fingerprint density at radius 1 is 1.17 bits per heavy atom. The van der Waals surface area contributed by atoms with Crippen molar-refractivity contribution < 1.29 is 4.74 Å². The molecule has 0 radical (unpaired) electrons. The van der Waals surface area contributed by atoms with Gasteiger partial charge in [0.1, 0.15) is 6.10 Å². The summed E-state index contributed by atoms with van der Waals surface area (Å²) in [4.78, 5) is 9.40. The Bertz CT molecular complexity index is 977. The Kier molecular flexibility index (Phi) is 5.67. The number of aromatic nitrogens is 4. The Labute approximate surface area is 171 Å². The molecule has 154 valence electrons. The van der Waals surface area contributed by atoms with Crippen molar-refractivity contribution >= 4 is 11.6 Å². The predicted octanol–water partition coefficient (Wildman–Crippen LogP) is 3.86. The van der Waals surface area contributed by atoms with Gasteiger partial charge in [-0.25, -0.2) is 0 Å². The van der Waals surface area contributed by atoms with Crippen LogP contribution in [0.3, 0.4) is 0 Å². The van der Waals surface area contributed by atoms with Crippen LogP contribution in [-0.4, -0.2) is 38.8 Å². The Morgan fingerprint density at radius 3 is 2.72 bits per heavy atom. The van der Waals surface area contributed by atoms with Gasteiger partial charge in [-0.15, -0.1) is 0 Å². The van der Waals surface area contributed by atoms with Gasteiger partial charge >= 0.3 is 6.01 Å². The van der Waals surface area contributed by atoms with E-state index in [2.05, 4.69) is 67.7 Å². The third kappa shape index (κ3) is 4.19. The third-order valence-corrected chi connectivity index (χ3v) is 5.52. The summed E-state index contributed by atoms with van der Waals surface area (Å²) in [7, 11) is 0. The van der Waals surface area contributed by atoms with Gasteiger partial charge in [0.2, 0.25) is 5.95 Å². The van der Waals surface area contributed by atoms with Crippen LogP contribution in [0, 0.1) is 6.92 Å². The first-order valence-corrected chi connectivity index (χ1v) is 10.5. The fourth-order valence-corrected chi connectivity index (χ4v) is 3.84. The second-order valence-corrected chi connectivity index (χ2v) is 8.13. The van der Waals surface area contributed by atoms with E-state index in [1.165, 1.54) is 11.1 Å². The number of benzene rings is 1. The van der Waals surface area contributed by atoms with E-state index in [0.29, 0.717) is 17.9 Å². The lowest BCUT2D eigenvalue weighted by atomic mass is 10.0. The van der Waals surface area contributed by atoms with Crippen molar-refractivity contribution in [2.24, 2.45) is 0 Å². The van der Waals surface area contributed by atoms with Crippen molar-refractivity contribution in [2.75, 3.05) is 18.4 Å². The fourth-order valence-electron chi connectivity index (χ4n) is 3.84. The van der Waals surface area contributed by atoms with Crippen LogP contribution < -0.4 is 15.4 Å². The van der Waals surface area contributed by atoms with Crippen LogP contribution in [0.1, 0.15) is 62.3 Å². The van der Waals surface area contributed by atoms with E-state index < -0.39 is 0 Å². The normalized spacial score (nSPS) is 18.2. The molecular weight excluding hydrogens is 364 g/mol. The van der Waals surface area contributed by atoms with Crippen molar-refractivity contribution in [1.82, 2.24) is 24.9 Å². The molecule has 0 amide bonds. The lowest BCUT2D eigenvalue weighted by Crippen LogP contribution is -2.37. The van der Waals surface area contributed by atoms with E-state index in [-0.39, 0.29) is 12.1 Å². The van der Waals surface area contributed by atoms with Crippen LogP contribution in [-0.2, 0) is 0 Å². The van der Waals surface area contributed by atoms with Gasteiger partial charge in [0, 0.05) is 12.1 Å². The number of anilines is 1. The summed E-state index contributed by atoms with van der Waals surface area (Å²) in [6.07, 6.45) is 4.09. The molecule has 2 aromatic heterocycles. The van der Waals surface area contributed by atoms with Crippen molar-refractivity contribution in [3.63, 3.8) is 0 Å². The summed E-state index contributed by atoms with van der Waals surface area (Å²) in [5.41, 5.74) is 4.36. The zero-order chi connectivity index (χ0) is 20.4. The van der Waals surface area contributed by atoms with Crippen LogP contribution in [0.15, 0.2) is 30.5 Å². The van der Waals surface area contributed by atoms with Gasteiger partial charge in [0.05, 0.1) is 12.2 Å². The van der Waals surface area contributed by atoms with Crippen molar-refractivity contribution in [1.29, 1.82) is 0 Å². The first-order chi connectivity index (χ1) is 14.0. The fraction of sp³-hybridized carbons (Fsp3) is 0.500. The molecule has 7 nitrogen and oxygen atoms in total. The van der Waals surface area contributed by atoms with Gasteiger partial charge in [0.25, 0.3) is 0 Å². The first-order valence-electron chi connectivity index (χ1n) is 10.5. The van der Waals surface area contributed by atoms with Crippen LogP contribution in [0.5, 0.6) is 6.01 Å². The highest BCUT2D eigenvalue weighted by Gasteiger charge is 2.21. The largest absolute Gasteiger partial charge is 0.459 e. The molecule has 0 aliphatic carbocycles. The molecule has 2 atom stereocenters. The summed E-state index contributed by atoms with van der Waals surface area (Å²) in [6, 6.07) is 8.86. The predicted molar refractivity (Wildman–Crippen MR) is 115 cm³/mol. The number of hydrogen-bond acceptors (Lipinski definition) is 6. The molecule has 1 aromatic carbocycles. The summed E-state index contributed by atoms with van der Waals surface area (Å²) < 4.78 is 7.94. The smallest absolute Gasteiger partial charge is 0.322 e. The van der Waals surface area contributed by atoms with Gasteiger partial charge in [0.15, 0.2) is 5.65 Å². The monoisotopic (exact) mass is 394 g/mol. The molecule has 1 saturated heterocycles. The van der Waals surface area contributed by atoms with Gasteiger partial charge in [-0.1, -0.05) is 38.1 Å². The minimum Gasteiger partial charge on any atom is -0.459 e. The van der Waals surface area contributed by atoms with E-state index in [1.54, 1.807) is 4.52 Å². The van der Waals surface area contributed by atoms with Gasteiger partial charge in [-0.2, -0.15) is 19.6 Å². The number of nitrogens with one attached hydrogen (secondary N) is 2. The molecule has 1 aliphatic heterocycles. The molecule has 0 saturated carbocycles. The summed E-state index contributed by atoms with van der Waals surface area (Å²) in [5, 5.41) is 11.5. The number of fused-ring (bicyclic) bond motifs is 1. The Morgan fingerprint density at radius 2 is 2.00 bits per heavy atom. The SMILES string of the molecule is Cc1ccccc1C(C)Nc1nc(OC2CCCNC2)nc2c(C(C)C)cnn12. The van der Waals surface area contributed by atoms with Crippen LogP contribution in [0.4, 0.5) is 5.95 Å². The van der Waals surface area contributed by atoms with E-state index in [0.717, 1.165) is 37.1 Å². The quantitative estimate of drug-likeness (QED) is 0.661. The average Bonchev–Trinajstić information content (AvgIpc) is 3.13. The molecule has 2 N–H and O–H groups in total. The minimum atomic E-state index is 0.0743. The molecule has 0 spiro atoms. The second kappa shape index (κ2) is 8.37. The second-order valence-electron chi connectivity index (χ2n) is 8.13. The van der Waals surface area contributed by atoms with Gasteiger partial charge in [-0.3, -0.25) is 0 Å². The van der Waals surface area contributed by atoms with E-state index in [9.17, 15) is 0 Å². The number of nitrogens with zero attached hydrogens (tertiary/aromatic N) is 4. The maximum Gasteiger partial charge on any atom is 0.322 e. The van der Waals surface area contributed by atoms with Crippen molar-refractivity contribution in [3.05, 3.63) is 47.2 Å². The maximum atomic E-state index is 6.15. The molecule has 2 unspecified atom stereocenters. The summed E-state index contributed by atoms with van der Waals surface area (Å²) in [6.45, 7) is 10.4. The van der Waals surface area contributed by atoms with Crippen molar-refractivity contribution in [2.45, 2.75) is 58.6 Å². The topological polar surface area (TPSA) is 76.4 Å². The number of rotatable bonds is 6. The molecule has 1 aliphatic rings. The first kappa shape index (κ1) is 19.6. The van der Waals surface area contributed by atoms with E-state index in [4.69, 9.17) is 14.7 Å². The lowest BCUT2D eigenvalue weighted by Gasteiger charge is -2.23. The van der Waals surface area contributed by atoms with E-state index in [1.807, 2.05) is 6.20 Å². The Hall–Kier alpha value is -2.67. The highest BCUT2D eigenvalue weighted by Crippen LogP contribution is 2.26. The van der Waals surface area contributed by atoms with Crippen LogP contribution in [0.25, 0.3) is 5.65 Å². The van der Waals surface area contributed by atoms with Crippen LogP contribution >= 0.6 is 0 Å². The number of ether oxygens (including phenoxy) is 1. The standard InChI is InChI=1S/C22H30N6O/c1-14(2)19-13-24-28-20(19)26-22(29-17-9-7-11-23-12-17)27-21(28)25-16(4)18-10-6-5-8-15(18)3/h5-6,8,10,13-14,16-17,23H,7,9,11-12H2,1-4H3,(H,25,26,27). The zero-order valence-corrected chi connectivity index (χ0v) is 17.6. The van der Waals surface area contributed by atoms with Gasteiger partial charge in [-0.05, 0) is 50.3 Å². The van der Waals surface area contributed by atoms with E-state index >= 15 is 0 Å². The number of piperidine rings is 1. The maximum absolute atomic E-state index is 6.15. The molecular formula is C22H30N6O. The van der Waals surface area contributed by atoms with Gasteiger partial charge < -0.3 is 15.4 Å². The van der Waals surface area contributed by atoms with Crippen LogP contribution in [0.2, 0.25) is 0 Å². The Balaban J connectivity index is 1.70. The minimum absolute atomic E-state index is 0.0743. The lowest BCUT2D eigenvalue weighted by molar-refractivity contribution is 0.153. The molecule has 0 bridgehead atoms. The number of aryl methyl sites for hydroxylation is 1. The highest BCUT2D eigenvalue weighted by molar-refractivity contribution is 5.53. The molecule has 29 heavy (non-hydrogen) atoms. The molecule has 4 rings (SSSR count). The average molecular weight is 395 g/mol. The van der Waals surface area contributed by atoms with Crippen molar-refractivity contribution in [3.8, 4) is 6.01 Å².